The number of carbonyl (C=O) groups is 4. The number of hydrogen-bond donors (Lipinski definition) is 2. The quantitative estimate of drug-likeness (QED) is 0.192. The SMILES string of the molecule is CC(C)(C)OC(=O)NCCCCCc1cn(CC(=O)NCCCCCCCCCCC(=O)N2CCN(C(=O)OC(C)(C)C)CC2)nn1. The predicted octanol–water partition coefficient (Wildman–Crippen LogP) is 5.22. The molecule has 4 amide bonds. The standard InChI is InChI=1S/C34H61N7O6/c1-33(2,3)46-31(44)36-21-17-13-14-18-28-26-41(38-37-28)27-29(42)35-20-16-12-10-8-7-9-11-15-19-30(43)39-22-24-40(25-23-39)32(45)47-34(4,5)6/h26H,7-25,27H2,1-6H3,(H,35,42)(H,36,44). The van der Waals surface area contributed by atoms with E-state index >= 15 is 0 Å². The fourth-order valence-corrected chi connectivity index (χ4v) is 5.16. The number of alkyl carbamates (subject to hydrolysis) is 1. The third kappa shape index (κ3) is 19.1. The molecule has 13 nitrogen and oxygen atoms in total. The number of rotatable bonds is 19. The highest BCUT2D eigenvalue weighted by atomic mass is 16.6. The minimum absolute atomic E-state index is 0.0610. The molecule has 1 aromatic rings. The molecule has 1 aliphatic heterocycles. The van der Waals surface area contributed by atoms with Crippen molar-refractivity contribution in [3.63, 3.8) is 0 Å². The van der Waals surface area contributed by atoms with E-state index in [1.807, 2.05) is 52.6 Å². The van der Waals surface area contributed by atoms with Crippen molar-refractivity contribution in [3.05, 3.63) is 11.9 Å². The average Bonchev–Trinajstić information content (AvgIpc) is 3.42. The van der Waals surface area contributed by atoms with Gasteiger partial charge < -0.3 is 29.9 Å². The lowest BCUT2D eigenvalue weighted by molar-refractivity contribution is -0.133. The van der Waals surface area contributed by atoms with E-state index in [0.717, 1.165) is 82.7 Å². The Hall–Kier alpha value is -3.38. The van der Waals surface area contributed by atoms with E-state index < -0.39 is 17.3 Å². The average molecular weight is 664 g/mol. The molecule has 1 aliphatic rings. The van der Waals surface area contributed by atoms with E-state index in [0.29, 0.717) is 45.7 Å². The van der Waals surface area contributed by atoms with Crippen molar-refractivity contribution in [1.29, 1.82) is 0 Å². The smallest absolute Gasteiger partial charge is 0.410 e. The Kier molecular flexibility index (Phi) is 17.6. The van der Waals surface area contributed by atoms with Crippen LogP contribution in [0, 0.1) is 0 Å². The van der Waals surface area contributed by atoms with Crippen LogP contribution in [0.5, 0.6) is 0 Å². The van der Waals surface area contributed by atoms with Gasteiger partial charge in [0, 0.05) is 51.9 Å². The van der Waals surface area contributed by atoms with E-state index in [9.17, 15) is 19.2 Å². The summed E-state index contributed by atoms with van der Waals surface area (Å²) in [6, 6.07) is 0. The largest absolute Gasteiger partial charge is 0.444 e. The number of ether oxygens (including phenoxy) is 2. The van der Waals surface area contributed by atoms with Gasteiger partial charge in [0.1, 0.15) is 17.7 Å². The van der Waals surface area contributed by atoms with Gasteiger partial charge in [-0.05, 0) is 73.6 Å². The summed E-state index contributed by atoms with van der Waals surface area (Å²) in [6.45, 7) is 14.7. The van der Waals surface area contributed by atoms with Crippen LogP contribution >= 0.6 is 0 Å². The number of amides is 4. The number of piperazine rings is 1. The summed E-state index contributed by atoms with van der Waals surface area (Å²) in [5.41, 5.74) is -0.144. The Morgan fingerprint density at radius 3 is 1.85 bits per heavy atom. The van der Waals surface area contributed by atoms with Crippen LogP contribution in [0.4, 0.5) is 9.59 Å². The number of aromatic nitrogens is 3. The van der Waals surface area contributed by atoms with Crippen LogP contribution in [-0.2, 0) is 32.0 Å². The van der Waals surface area contributed by atoms with Gasteiger partial charge in [-0.1, -0.05) is 50.2 Å². The Morgan fingerprint density at radius 2 is 1.23 bits per heavy atom. The summed E-state index contributed by atoms with van der Waals surface area (Å²) < 4.78 is 12.2. The van der Waals surface area contributed by atoms with Crippen LogP contribution in [0.1, 0.15) is 124 Å². The second-order valence-electron chi connectivity index (χ2n) is 14.4. The summed E-state index contributed by atoms with van der Waals surface area (Å²) in [6.07, 6.45) is 13.8. The summed E-state index contributed by atoms with van der Waals surface area (Å²) in [4.78, 5) is 52.2. The molecule has 0 saturated carbocycles. The van der Waals surface area contributed by atoms with Gasteiger partial charge >= 0.3 is 12.2 Å². The lowest BCUT2D eigenvalue weighted by Gasteiger charge is -2.35. The summed E-state index contributed by atoms with van der Waals surface area (Å²) in [5, 5.41) is 14.0. The van der Waals surface area contributed by atoms with Gasteiger partial charge in [-0.25, -0.2) is 14.3 Å². The van der Waals surface area contributed by atoms with E-state index in [1.54, 1.807) is 9.58 Å². The van der Waals surface area contributed by atoms with Crippen molar-refractivity contribution < 1.29 is 28.7 Å². The van der Waals surface area contributed by atoms with Crippen molar-refractivity contribution in [2.45, 2.75) is 143 Å². The monoisotopic (exact) mass is 663 g/mol. The molecule has 47 heavy (non-hydrogen) atoms. The first-order chi connectivity index (χ1) is 22.2. The van der Waals surface area contributed by atoms with E-state index in [-0.39, 0.29) is 24.5 Å². The lowest BCUT2D eigenvalue weighted by Crippen LogP contribution is -2.51. The van der Waals surface area contributed by atoms with Crippen LogP contribution in [0.2, 0.25) is 0 Å². The fourth-order valence-electron chi connectivity index (χ4n) is 5.16. The van der Waals surface area contributed by atoms with Crippen LogP contribution in [0.25, 0.3) is 0 Å². The Labute approximate surface area is 281 Å². The molecule has 0 bridgehead atoms. The van der Waals surface area contributed by atoms with E-state index in [2.05, 4.69) is 20.9 Å². The number of aryl methyl sites for hydroxylation is 1. The van der Waals surface area contributed by atoms with Gasteiger partial charge in [-0.2, -0.15) is 0 Å². The number of nitrogens with zero attached hydrogens (tertiary/aromatic N) is 5. The molecule has 0 atom stereocenters. The molecule has 2 rings (SSSR count). The maximum atomic E-state index is 12.5. The maximum absolute atomic E-state index is 12.5. The Morgan fingerprint density at radius 1 is 0.702 bits per heavy atom. The molecule has 268 valence electrons. The van der Waals surface area contributed by atoms with Crippen molar-refractivity contribution in [3.8, 4) is 0 Å². The molecule has 0 spiro atoms. The number of hydrogen-bond acceptors (Lipinski definition) is 8. The lowest BCUT2D eigenvalue weighted by atomic mass is 10.1. The third-order valence-electron chi connectivity index (χ3n) is 7.59. The van der Waals surface area contributed by atoms with Crippen molar-refractivity contribution in [2.24, 2.45) is 0 Å². The second-order valence-corrected chi connectivity index (χ2v) is 14.4. The summed E-state index contributed by atoms with van der Waals surface area (Å²) in [5.74, 6) is 0.118. The fraction of sp³-hybridized carbons (Fsp3) is 0.824. The molecule has 1 aromatic heterocycles. The Bertz CT molecular complexity index is 1090. The van der Waals surface area contributed by atoms with Crippen LogP contribution in [0.3, 0.4) is 0 Å². The summed E-state index contributed by atoms with van der Waals surface area (Å²) >= 11 is 0. The zero-order chi connectivity index (χ0) is 34.7. The van der Waals surface area contributed by atoms with E-state index in [4.69, 9.17) is 9.47 Å². The van der Waals surface area contributed by atoms with Gasteiger partial charge in [0.05, 0.1) is 5.69 Å². The molecule has 0 unspecified atom stereocenters. The molecule has 0 aromatic carbocycles. The van der Waals surface area contributed by atoms with Gasteiger partial charge in [0.25, 0.3) is 0 Å². The molecule has 0 radical (unpaired) electrons. The molecule has 1 saturated heterocycles. The van der Waals surface area contributed by atoms with Crippen LogP contribution < -0.4 is 10.6 Å². The molecule has 2 N–H and O–H groups in total. The normalized spacial score (nSPS) is 13.7. The third-order valence-corrected chi connectivity index (χ3v) is 7.59. The van der Waals surface area contributed by atoms with Crippen LogP contribution in [-0.4, -0.2) is 99.3 Å². The van der Waals surface area contributed by atoms with Crippen molar-refractivity contribution >= 4 is 24.0 Å². The van der Waals surface area contributed by atoms with Gasteiger partial charge in [0.15, 0.2) is 0 Å². The second kappa shape index (κ2) is 20.8. The maximum Gasteiger partial charge on any atom is 0.410 e. The molecule has 0 aliphatic carbocycles. The first-order valence-corrected chi connectivity index (χ1v) is 17.6. The van der Waals surface area contributed by atoms with Gasteiger partial charge in [0.2, 0.25) is 11.8 Å². The number of nitrogens with one attached hydrogen (secondary N) is 2. The topological polar surface area (TPSA) is 148 Å². The number of carbonyl (C=O) groups excluding carboxylic acids is 4. The zero-order valence-electron chi connectivity index (χ0n) is 29.9. The molecular formula is C34H61N7O6. The van der Waals surface area contributed by atoms with Gasteiger partial charge in [-0.3, -0.25) is 9.59 Å². The first kappa shape index (κ1) is 39.8. The minimum Gasteiger partial charge on any atom is -0.444 e. The molecule has 1 fully saturated rings. The highest BCUT2D eigenvalue weighted by Crippen LogP contribution is 2.14. The van der Waals surface area contributed by atoms with Crippen molar-refractivity contribution in [1.82, 2.24) is 35.4 Å². The number of unbranched alkanes of at least 4 members (excludes halogenated alkanes) is 9. The minimum atomic E-state index is -0.512. The molecule has 13 heteroatoms. The van der Waals surface area contributed by atoms with E-state index in [1.165, 1.54) is 0 Å². The first-order valence-electron chi connectivity index (χ1n) is 17.6. The predicted molar refractivity (Wildman–Crippen MR) is 181 cm³/mol. The van der Waals surface area contributed by atoms with Gasteiger partial charge in [-0.15, -0.1) is 5.10 Å². The zero-order valence-corrected chi connectivity index (χ0v) is 29.9. The highest BCUT2D eigenvalue weighted by Gasteiger charge is 2.27. The molecule has 2 heterocycles. The van der Waals surface area contributed by atoms with Crippen LogP contribution in [0.15, 0.2) is 6.20 Å². The summed E-state index contributed by atoms with van der Waals surface area (Å²) in [7, 11) is 0. The molecular weight excluding hydrogens is 602 g/mol. The Balaban J connectivity index is 1.39. The highest BCUT2D eigenvalue weighted by molar-refractivity contribution is 5.77. The van der Waals surface area contributed by atoms with Crippen molar-refractivity contribution in [2.75, 3.05) is 39.3 Å².